The summed E-state index contributed by atoms with van der Waals surface area (Å²) >= 11 is 8.65. The molecule has 1 rings (SSSR count). The topological polar surface area (TPSA) is 20.2 Å². The molecule has 0 aliphatic carbocycles. The Morgan fingerprint density at radius 1 is 1.58 bits per heavy atom. The van der Waals surface area contributed by atoms with Gasteiger partial charge in [-0.3, -0.25) is 0 Å². The molecular formula is C8H7BrClFO. The van der Waals surface area contributed by atoms with Crippen molar-refractivity contribution in [2.75, 3.05) is 0 Å². The SMILES string of the molecule is CC(O)c1c(Br)ccc(Cl)c1F. The zero-order chi connectivity index (χ0) is 9.30. The van der Waals surface area contributed by atoms with Gasteiger partial charge < -0.3 is 5.11 Å². The third-order valence-electron chi connectivity index (χ3n) is 1.50. The zero-order valence-electron chi connectivity index (χ0n) is 6.31. The van der Waals surface area contributed by atoms with Crippen LogP contribution in [0.5, 0.6) is 0 Å². The van der Waals surface area contributed by atoms with Gasteiger partial charge in [0.15, 0.2) is 0 Å². The molecule has 0 aromatic heterocycles. The monoisotopic (exact) mass is 252 g/mol. The van der Waals surface area contributed by atoms with Gasteiger partial charge in [0.25, 0.3) is 0 Å². The van der Waals surface area contributed by atoms with Gasteiger partial charge in [-0.1, -0.05) is 27.5 Å². The van der Waals surface area contributed by atoms with Crippen LogP contribution in [0.2, 0.25) is 5.02 Å². The normalized spacial score (nSPS) is 13.1. The van der Waals surface area contributed by atoms with Gasteiger partial charge in [0, 0.05) is 10.0 Å². The van der Waals surface area contributed by atoms with E-state index < -0.39 is 11.9 Å². The average Bonchev–Trinajstić information content (AvgIpc) is 1.97. The van der Waals surface area contributed by atoms with Gasteiger partial charge in [-0.25, -0.2) is 4.39 Å². The summed E-state index contributed by atoms with van der Waals surface area (Å²) in [6, 6.07) is 3.04. The van der Waals surface area contributed by atoms with Crippen LogP contribution in [-0.4, -0.2) is 5.11 Å². The Bertz CT molecular complexity index is 301. The molecule has 0 amide bonds. The van der Waals surface area contributed by atoms with Crippen LogP contribution in [0.15, 0.2) is 16.6 Å². The molecule has 0 saturated carbocycles. The number of hydrogen-bond donors (Lipinski definition) is 1. The summed E-state index contributed by atoms with van der Waals surface area (Å²) in [4.78, 5) is 0. The van der Waals surface area contributed by atoms with Crippen LogP contribution in [-0.2, 0) is 0 Å². The minimum atomic E-state index is -0.863. The highest BCUT2D eigenvalue weighted by molar-refractivity contribution is 9.10. The summed E-state index contributed by atoms with van der Waals surface area (Å²) in [5.41, 5.74) is 0.197. The molecule has 1 nitrogen and oxygen atoms in total. The molecule has 0 aliphatic rings. The fourth-order valence-corrected chi connectivity index (χ4v) is 1.73. The van der Waals surface area contributed by atoms with Crippen molar-refractivity contribution in [3.63, 3.8) is 0 Å². The lowest BCUT2D eigenvalue weighted by molar-refractivity contribution is 0.193. The van der Waals surface area contributed by atoms with Gasteiger partial charge in [0.2, 0.25) is 0 Å². The summed E-state index contributed by atoms with van der Waals surface area (Å²) in [5.74, 6) is -0.568. The Hall–Kier alpha value is -0.120. The highest BCUT2D eigenvalue weighted by Crippen LogP contribution is 2.30. The molecule has 0 heterocycles. The second-order valence-electron chi connectivity index (χ2n) is 2.43. The molecule has 4 heteroatoms. The molecule has 1 atom stereocenters. The lowest BCUT2D eigenvalue weighted by atomic mass is 10.1. The van der Waals surface area contributed by atoms with Gasteiger partial charge in [-0.05, 0) is 19.1 Å². The minimum absolute atomic E-state index is 0.0223. The maximum absolute atomic E-state index is 13.2. The van der Waals surface area contributed by atoms with Gasteiger partial charge in [-0.2, -0.15) is 0 Å². The summed E-state index contributed by atoms with van der Waals surface area (Å²) in [5, 5.41) is 9.20. The number of halogens is 3. The van der Waals surface area contributed by atoms with Crippen LogP contribution in [0.4, 0.5) is 4.39 Å². The van der Waals surface area contributed by atoms with E-state index in [4.69, 9.17) is 11.6 Å². The first-order valence-electron chi connectivity index (χ1n) is 3.35. The molecule has 1 N–H and O–H groups in total. The Labute approximate surface area is 83.3 Å². The maximum atomic E-state index is 13.2. The number of hydrogen-bond acceptors (Lipinski definition) is 1. The van der Waals surface area contributed by atoms with E-state index in [0.29, 0.717) is 4.47 Å². The molecular weight excluding hydrogens is 246 g/mol. The van der Waals surface area contributed by atoms with Gasteiger partial charge in [0.1, 0.15) is 5.82 Å². The predicted octanol–water partition coefficient (Wildman–Crippen LogP) is 3.29. The molecule has 12 heavy (non-hydrogen) atoms. The summed E-state index contributed by atoms with van der Waals surface area (Å²) in [7, 11) is 0. The lowest BCUT2D eigenvalue weighted by Gasteiger charge is -2.09. The Morgan fingerprint density at radius 3 is 2.58 bits per heavy atom. The fourth-order valence-electron chi connectivity index (χ4n) is 0.926. The first-order valence-corrected chi connectivity index (χ1v) is 4.52. The van der Waals surface area contributed by atoms with E-state index >= 15 is 0 Å². The van der Waals surface area contributed by atoms with Crippen molar-refractivity contribution in [1.82, 2.24) is 0 Å². The van der Waals surface area contributed by atoms with Crippen LogP contribution in [0, 0.1) is 5.82 Å². The number of aliphatic hydroxyl groups is 1. The second-order valence-corrected chi connectivity index (χ2v) is 3.69. The zero-order valence-corrected chi connectivity index (χ0v) is 8.66. The van der Waals surface area contributed by atoms with Crippen LogP contribution in [0.3, 0.4) is 0 Å². The third kappa shape index (κ3) is 1.79. The molecule has 0 fully saturated rings. The maximum Gasteiger partial charge on any atom is 0.148 e. The summed E-state index contributed by atoms with van der Waals surface area (Å²) in [6.07, 6.45) is -0.863. The van der Waals surface area contributed by atoms with Crippen molar-refractivity contribution in [3.05, 3.63) is 33.0 Å². The molecule has 0 aliphatic heterocycles. The van der Waals surface area contributed by atoms with Gasteiger partial charge >= 0.3 is 0 Å². The Balaban J connectivity index is 3.33. The Morgan fingerprint density at radius 2 is 2.17 bits per heavy atom. The number of benzene rings is 1. The fraction of sp³-hybridized carbons (Fsp3) is 0.250. The molecule has 66 valence electrons. The van der Waals surface area contributed by atoms with E-state index in [1.165, 1.54) is 13.0 Å². The van der Waals surface area contributed by atoms with E-state index in [-0.39, 0.29) is 10.6 Å². The first-order chi connectivity index (χ1) is 5.54. The molecule has 1 unspecified atom stereocenters. The van der Waals surface area contributed by atoms with Crippen molar-refractivity contribution >= 4 is 27.5 Å². The van der Waals surface area contributed by atoms with Crippen molar-refractivity contribution < 1.29 is 9.50 Å². The van der Waals surface area contributed by atoms with Crippen molar-refractivity contribution in [3.8, 4) is 0 Å². The first kappa shape index (κ1) is 9.96. The average molecular weight is 253 g/mol. The van der Waals surface area contributed by atoms with E-state index in [1.807, 2.05) is 0 Å². The van der Waals surface area contributed by atoms with Gasteiger partial charge in [0.05, 0.1) is 11.1 Å². The lowest BCUT2D eigenvalue weighted by Crippen LogP contribution is -1.97. The van der Waals surface area contributed by atoms with Crippen LogP contribution < -0.4 is 0 Å². The van der Waals surface area contributed by atoms with Crippen molar-refractivity contribution in [1.29, 1.82) is 0 Å². The quantitative estimate of drug-likeness (QED) is 0.762. The molecule has 1 aromatic carbocycles. The third-order valence-corrected chi connectivity index (χ3v) is 2.48. The smallest absolute Gasteiger partial charge is 0.148 e. The van der Waals surface area contributed by atoms with E-state index in [9.17, 15) is 9.50 Å². The summed E-state index contributed by atoms with van der Waals surface area (Å²) < 4.78 is 13.7. The molecule has 0 radical (unpaired) electrons. The van der Waals surface area contributed by atoms with E-state index in [2.05, 4.69) is 15.9 Å². The number of aliphatic hydroxyl groups excluding tert-OH is 1. The number of rotatable bonds is 1. The van der Waals surface area contributed by atoms with Crippen LogP contribution in [0.25, 0.3) is 0 Å². The van der Waals surface area contributed by atoms with Crippen LogP contribution >= 0.6 is 27.5 Å². The van der Waals surface area contributed by atoms with E-state index in [1.54, 1.807) is 6.07 Å². The second kappa shape index (κ2) is 3.73. The standard InChI is InChI=1S/C8H7BrClFO/c1-4(12)7-5(9)2-3-6(10)8(7)11/h2-4,12H,1H3. The highest BCUT2D eigenvalue weighted by Gasteiger charge is 2.14. The van der Waals surface area contributed by atoms with Gasteiger partial charge in [-0.15, -0.1) is 0 Å². The van der Waals surface area contributed by atoms with Crippen molar-refractivity contribution in [2.45, 2.75) is 13.0 Å². The highest BCUT2D eigenvalue weighted by atomic mass is 79.9. The minimum Gasteiger partial charge on any atom is -0.389 e. The molecule has 0 saturated heterocycles. The Kier molecular flexibility index (Phi) is 3.09. The summed E-state index contributed by atoms with van der Waals surface area (Å²) in [6.45, 7) is 1.49. The molecule has 1 aromatic rings. The van der Waals surface area contributed by atoms with Crippen LogP contribution in [0.1, 0.15) is 18.6 Å². The largest absolute Gasteiger partial charge is 0.389 e. The van der Waals surface area contributed by atoms with Crippen molar-refractivity contribution in [2.24, 2.45) is 0 Å². The molecule has 0 bridgehead atoms. The van der Waals surface area contributed by atoms with E-state index in [0.717, 1.165) is 0 Å². The predicted molar refractivity (Wildman–Crippen MR) is 49.7 cm³/mol. The molecule has 0 spiro atoms.